The molecule has 1 atom stereocenters. The van der Waals surface area contributed by atoms with Gasteiger partial charge in [-0.05, 0) is 40.4 Å². The minimum absolute atomic E-state index is 0.440. The maximum atomic E-state index is 11.8. The molecular formula is C14H15NO2S. The number of carbonyl (C=O) groups excluding carboxylic acids is 1. The number of thiophene rings is 1. The molecule has 0 aliphatic rings. The van der Waals surface area contributed by atoms with Gasteiger partial charge >= 0.3 is 5.97 Å². The maximum Gasteiger partial charge on any atom is 0.330 e. The molecule has 0 bridgehead atoms. The fraction of sp³-hybridized carbons (Fsp3) is 0.214. The van der Waals surface area contributed by atoms with Crippen LogP contribution in [0.4, 0.5) is 0 Å². The highest BCUT2D eigenvalue weighted by Crippen LogP contribution is 2.32. The van der Waals surface area contributed by atoms with Crippen LogP contribution in [0, 0.1) is 0 Å². The fourth-order valence-electron chi connectivity index (χ4n) is 1.93. The van der Waals surface area contributed by atoms with E-state index in [2.05, 4.69) is 0 Å². The number of nitrogens with two attached hydrogens (primary N) is 1. The first-order chi connectivity index (χ1) is 8.57. The van der Waals surface area contributed by atoms with Crippen molar-refractivity contribution >= 4 is 17.3 Å². The Hall–Kier alpha value is -1.65. The Kier molecular flexibility index (Phi) is 3.50. The molecule has 1 aromatic heterocycles. The Morgan fingerprint density at radius 2 is 2.06 bits per heavy atom. The molecule has 1 heterocycles. The molecule has 94 valence electrons. The van der Waals surface area contributed by atoms with Crippen molar-refractivity contribution in [1.82, 2.24) is 0 Å². The zero-order chi connectivity index (χ0) is 13.2. The highest BCUT2D eigenvalue weighted by atomic mass is 32.1. The number of hydrogen-bond acceptors (Lipinski definition) is 4. The summed E-state index contributed by atoms with van der Waals surface area (Å²) in [7, 11) is 1.35. The van der Waals surface area contributed by atoms with Gasteiger partial charge in [0, 0.05) is 0 Å². The number of rotatable bonds is 3. The number of benzene rings is 1. The van der Waals surface area contributed by atoms with Gasteiger partial charge in [-0.2, -0.15) is 11.3 Å². The minimum atomic E-state index is -1.15. The molecule has 0 saturated heterocycles. The lowest BCUT2D eigenvalue weighted by atomic mass is 9.87. The topological polar surface area (TPSA) is 52.3 Å². The fourth-order valence-corrected chi connectivity index (χ4v) is 2.58. The van der Waals surface area contributed by atoms with E-state index in [1.165, 1.54) is 7.11 Å². The maximum absolute atomic E-state index is 11.8. The lowest BCUT2D eigenvalue weighted by Gasteiger charge is -2.24. The quantitative estimate of drug-likeness (QED) is 0.864. The molecule has 1 unspecified atom stereocenters. The SMILES string of the molecule is COC(=O)C(C)(N)c1ccccc1-c1ccsc1. The molecule has 3 nitrogen and oxygen atoms in total. The Bertz CT molecular complexity index is 547. The van der Waals surface area contributed by atoms with Crippen molar-refractivity contribution in [3.8, 4) is 11.1 Å². The number of ether oxygens (including phenoxy) is 1. The van der Waals surface area contributed by atoms with Crippen LogP contribution in [-0.2, 0) is 15.1 Å². The van der Waals surface area contributed by atoms with Crippen LogP contribution in [0.1, 0.15) is 12.5 Å². The molecule has 0 amide bonds. The van der Waals surface area contributed by atoms with Gasteiger partial charge < -0.3 is 10.5 Å². The molecule has 0 saturated carbocycles. The first kappa shape index (κ1) is 12.8. The molecule has 2 N–H and O–H groups in total. The van der Waals surface area contributed by atoms with E-state index in [4.69, 9.17) is 10.5 Å². The third-order valence-corrected chi connectivity index (χ3v) is 3.61. The van der Waals surface area contributed by atoms with Gasteiger partial charge in [-0.1, -0.05) is 24.3 Å². The van der Waals surface area contributed by atoms with Crippen LogP contribution in [0.25, 0.3) is 11.1 Å². The van der Waals surface area contributed by atoms with E-state index in [1.807, 2.05) is 41.1 Å². The van der Waals surface area contributed by atoms with Crippen LogP contribution in [0.5, 0.6) is 0 Å². The van der Waals surface area contributed by atoms with E-state index in [1.54, 1.807) is 18.3 Å². The Balaban J connectivity index is 2.55. The molecule has 4 heteroatoms. The van der Waals surface area contributed by atoms with Gasteiger partial charge in [0.15, 0.2) is 0 Å². The van der Waals surface area contributed by atoms with Crippen LogP contribution >= 0.6 is 11.3 Å². The third kappa shape index (κ3) is 2.17. The van der Waals surface area contributed by atoms with Crippen LogP contribution in [0.2, 0.25) is 0 Å². The third-order valence-electron chi connectivity index (χ3n) is 2.93. The van der Waals surface area contributed by atoms with E-state index >= 15 is 0 Å². The van der Waals surface area contributed by atoms with Crippen molar-refractivity contribution in [1.29, 1.82) is 0 Å². The van der Waals surface area contributed by atoms with Gasteiger partial charge in [0.25, 0.3) is 0 Å². The van der Waals surface area contributed by atoms with E-state index in [9.17, 15) is 4.79 Å². The molecule has 0 aliphatic heterocycles. The predicted molar refractivity (Wildman–Crippen MR) is 73.3 cm³/mol. The monoisotopic (exact) mass is 261 g/mol. The molecule has 0 fully saturated rings. The highest BCUT2D eigenvalue weighted by Gasteiger charge is 2.33. The van der Waals surface area contributed by atoms with Crippen molar-refractivity contribution < 1.29 is 9.53 Å². The molecule has 0 radical (unpaired) electrons. The zero-order valence-corrected chi connectivity index (χ0v) is 11.2. The Labute approximate surface area is 110 Å². The highest BCUT2D eigenvalue weighted by molar-refractivity contribution is 7.08. The molecule has 0 aliphatic carbocycles. The second-order valence-corrected chi connectivity index (χ2v) is 5.03. The van der Waals surface area contributed by atoms with E-state index in [0.29, 0.717) is 0 Å². The van der Waals surface area contributed by atoms with E-state index in [-0.39, 0.29) is 0 Å². The van der Waals surface area contributed by atoms with Gasteiger partial charge in [-0.25, -0.2) is 4.79 Å². The second kappa shape index (κ2) is 4.92. The van der Waals surface area contributed by atoms with Crippen molar-refractivity contribution in [3.05, 3.63) is 46.7 Å². The number of carbonyl (C=O) groups is 1. The summed E-state index contributed by atoms with van der Waals surface area (Å²) in [5.74, 6) is -0.440. The first-order valence-electron chi connectivity index (χ1n) is 5.56. The molecule has 0 spiro atoms. The van der Waals surface area contributed by atoms with E-state index < -0.39 is 11.5 Å². The van der Waals surface area contributed by atoms with Crippen molar-refractivity contribution in [2.75, 3.05) is 7.11 Å². The summed E-state index contributed by atoms with van der Waals surface area (Å²) in [6, 6.07) is 9.65. The standard InChI is InChI=1S/C14H15NO2S/c1-14(15,13(16)17-2)12-6-4-3-5-11(12)10-7-8-18-9-10/h3-9H,15H2,1-2H3. The molecule has 1 aromatic carbocycles. The summed E-state index contributed by atoms with van der Waals surface area (Å²) in [5, 5.41) is 4.03. The predicted octanol–water partition coefficient (Wildman–Crippen LogP) is 2.76. The smallest absolute Gasteiger partial charge is 0.330 e. The molecule has 2 rings (SSSR count). The lowest BCUT2D eigenvalue weighted by molar-refractivity contribution is -0.146. The van der Waals surface area contributed by atoms with Crippen molar-refractivity contribution in [2.45, 2.75) is 12.5 Å². The second-order valence-electron chi connectivity index (χ2n) is 4.25. The summed E-state index contributed by atoms with van der Waals surface area (Å²) in [6.07, 6.45) is 0. The normalized spacial score (nSPS) is 13.9. The summed E-state index contributed by atoms with van der Waals surface area (Å²) < 4.78 is 4.78. The van der Waals surface area contributed by atoms with Gasteiger partial charge in [-0.15, -0.1) is 0 Å². The van der Waals surface area contributed by atoms with Crippen LogP contribution < -0.4 is 5.73 Å². The number of hydrogen-bond donors (Lipinski definition) is 1. The van der Waals surface area contributed by atoms with Gasteiger partial charge in [-0.3, -0.25) is 0 Å². The summed E-state index contributed by atoms with van der Waals surface area (Å²) >= 11 is 1.61. The average molecular weight is 261 g/mol. The van der Waals surface area contributed by atoms with Gasteiger partial charge in [0.2, 0.25) is 0 Å². The Morgan fingerprint density at radius 1 is 1.33 bits per heavy atom. The minimum Gasteiger partial charge on any atom is -0.467 e. The zero-order valence-electron chi connectivity index (χ0n) is 10.3. The lowest BCUT2D eigenvalue weighted by Crippen LogP contribution is -2.43. The summed E-state index contributed by atoms with van der Waals surface area (Å²) in [5.41, 5.74) is 7.79. The summed E-state index contributed by atoms with van der Waals surface area (Å²) in [6.45, 7) is 1.67. The van der Waals surface area contributed by atoms with Crippen molar-refractivity contribution in [2.24, 2.45) is 5.73 Å². The van der Waals surface area contributed by atoms with Gasteiger partial charge in [0.1, 0.15) is 5.54 Å². The summed E-state index contributed by atoms with van der Waals surface area (Å²) in [4.78, 5) is 11.8. The number of methoxy groups -OCH3 is 1. The largest absolute Gasteiger partial charge is 0.467 e. The molecular weight excluding hydrogens is 246 g/mol. The van der Waals surface area contributed by atoms with E-state index in [0.717, 1.165) is 16.7 Å². The van der Waals surface area contributed by atoms with Crippen molar-refractivity contribution in [3.63, 3.8) is 0 Å². The molecule has 2 aromatic rings. The van der Waals surface area contributed by atoms with Crippen LogP contribution in [-0.4, -0.2) is 13.1 Å². The molecule has 18 heavy (non-hydrogen) atoms. The Morgan fingerprint density at radius 3 is 2.67 bits per heavy atom. The number of esters is 1. The van der Waals surface area contributed by atoms with Crippen LogP contribution in [0.15, 0.2) is 41.1 Å². The average Bonchev–Trinajstić information content (AvgIpc) is 2.91. The van der Waals surface area contributed by atoms with Crippen LogP contribution in [0.3, 0.4) is 0 Å². The van der Waals surface area contributed by atoms with Gasteiger partial charge in [0.05, 0.1) is 7.11 Å². The first-order valence-corrected chi connectivity index (χ1v) is 6.51.